The van der Waals surface area contributed by atoms with E-state index >= 15 is 0 Å². The number of benzene rings is 2. The van der Waals surface area contributed by atoms with Gasteiger partial charge in [0.2, 0.25) is 0 Å². The first-order valence-electron chi connectivity index (χ1n) is 7.69. The molecular formula is C19H21NO3. The molecule has 0 radical (unpaired) electrons. The van der Waals surface area contributed by atoms with E-state index in [-0.39, 0.29) is 11.9 Å². The second-order valence-corrected chi connectivity index (χ2v) is 5.53. The number of carbonyl (C=O) groups excluding carboxylic acids is 2. The molecule has 0 aliphatic heterocycles. The molecule has 2 aromatic carbocycles. The number of nitrogens with one attached hydrogen (secondary N) is 1. The van der Waals surface area contributed by atoms with Crippen LogP contribution in [-0.4, -0.2) is 18.5 Å². The maximum Gasteiger partial charge on any atom is 0.338 e. The lowest BCUT2D eigenvalue weighted by molar-refractivity contribution is 0.0526. The zero-order valence-corrected chi connectivity index (χ0v) is 13.6. The van der Waals surface area contributed by atoms with E-state index in [1.165, 1.54) is 5.56 Å². The quantitative estimate of drug-likeness (QED) is 0.840. The molecule has 0 spiro atoms. The van der Waals surface area contributed by atoms with Gasteiger partial charge in [0.1, 0.15) is 0 Å². The van der Waals surface area contributed by atoms with Gasteiger partial charge in [-0.05, 0) is 54.8 Å². The largest absolute Gasteiger partial charge is 0.462 e. The van der Waals surface area contributed by atoms with Crippen LogP contribution in [0.1, 0.15) is 53.0 Å². The molecule has 1 amide bonds. The van der Waals surface area contributed by atoms with E-state index in [0.29, 0.717) is 29.3 Å². The van der Waals surface area contributed by atoms with Crippen LogP contribution in [0.3, 0.4) is 0 Å². The summed E-state index contributed by atoms with van der Waals surface area (Å²) < 4.78 is 4.92. The monoisotopic (exact) mass is 311 g/mol. The van der Waals surface area contributed by atoms with Crippen LogP contribution in [0.15, 0.2) is 48.5 Å². The van der Waals surface area contributed by atoms with E-state index < -0.39 is 0 Å². The van der Waals surface area contributed by atoms with Crippen LogP contribution in [0, 0.1) is 0 Å². The highest BCUT2D eigenvalue weighted by atomic mass is 16.5. The molecule has 0 aromatic heterocycles. The Labute approximate surface area is 136 Å². The van der Waals surface area contributed by atoms with Crippen molar-refractivity contribution in [1.29, 1.82) is 0 Å². The van der Waals surface area contributed by atoms with Crippen molar-refractivity contribution >= 4 is 17.6 Å². The number of ether oxygens (including phenoxy) is 1. The molecular weight excluding hydrogens is 290 g/mol. The molecule has 23 heavy (non-hydrogen) atoms. The zero-order chi connectivity index (χ0) is 16.8. The van der Waals surface area contributed by atoms with Crippen LogP contribution in [0.4, 0.5) is 5.69 Å². The molecule has 0 unspecified atom stereocenters. The number of hydrogen-bond donors (Lipinski definition) is 1. The molecule has 0 atom stereocenters. The molecule has 0 aliphatic rings. The van der Waals surface area contributed by atoms with E-state index in [2.05, 4.69) is 19.2 Å². The average molecular weight is 311 g/mol. The Morgan fingerprint density at radius 2 is 1.52 bits per heavy atom. The van der Waals surface area contributed by atoms with Crippen molar-refractivity contribution in [3.05, 3.63) is 65.2 Å². The third kappa shape index (κ3) is 4.42. The summed E-state index contributed by atoms with van der Waals surface area (Å²) in [5.74, 6) is -0.110. The maximum absolute atomic E-state index is 12.2. The number of hydrogen-bond acceptors (Lipinski definition) is 3. The van der Waals surface area contributed by atoms with Gasteiger partial charge in [-0.15, -0.1) is 0 Å². The summed E-state index contributed by atoms with van der Waals surface area (Å²) in [6, 6.07) is 14.2. The van der Waals surface area contributed by atoms with Crippen molar-refractivity contribution in [3.63, 3.8) is 0 Å². The first-order valence-corrected chi connectivity index (χ1v) is 7.69. The SMILES string of the molecule is CCOC(=O)c1ccc(NC(=O)c2ccc(C(C)C)cc2)cc1. The predicted molar refractivity (Wildman–Crippen MR) is 90.9 cm³/mol. The minimum Gasteiger partial charge on any atom is -0.462 e. The van der Waals surface area contributed by atoms with Gasteiger partial charge in [0.25, 0.3) is 5.91 Å². The number of esters is 1. The average Bonchev–Trinajstić information content (AvgIpc) is 2.55. The number of carbonyl (C=O) groups is 2. The maximum atomic E-state index is 12.2. The number of rotatable bonds is 5. The van der Waals surface area contributed by atoms with E-state index in [4.69, 9.17) is 4.74 Å². The molecule has 0 fully saturated rings. The van der Waals surface area contributed by atoms with Crippen molar-refractivity contribution < 1.29 is 14.3 Å². The van der Waals surface area contributed by atoms with Gasteiger partial charge in [-0.25, -0.2) is 4.79 Å². The fraction of sp³-hybridized carbons (Fsp3) is 0.263. The van der Waals surface area contributed by atoms with Crippen LogP contribution < -0.4 is 5.32 Å². The topological polar surface area (TPSA) is 55.4 Å². The van der Waals surface area contributed by atoms with Crippen LogP contribution in [-0.2, 0) is 4.74 Å². The highest BCUT2D eigenvalue weighted by molar-refractivity contribution is 6.04. The first kappa shape index (κ1) is 16.7. The standard InChI is InChI=1S/C19H21NO3/c1-4-23-19(22)16-9-11-17(12-10-16)20-18(21)15-7-5-14(6-8-15)13(2)3/h5-13H,4H2,1-3H3,(H,20,21). The summed E-state index contributed by atoms with van der Waals surface area (Å²) in [7, 11) is 0. The van der Waals surface area contributed by atoms with E-state index in [1.54, 1.807) is 31.2 Å². The third-order valence-electron chi connectivity index (χ3n) is 3.49. The van der Waals surface area contributed by atoms with Crippen LogP contribution >= 0.6 is 0 Å². The molecule has 4 nitrogen and oxygen atoms in total. The lowest BCUT2D eigenvalue weighted by Crippen LogP contribution is -2.12. The number of amides is 1. The highest BCUT2D eigenvalue weighted by Gasteiger charge is 2.09. The Morgan fingerprint density at radius 1 is 0.957 bits per heavy atom. The number of anilines is 1. The smallest absolute Gasteiger partial charge is 0.338 e. The summed E-state index contributed by atoms with van der Waals surface area (Å²) in [5.41, 5.74) is 2.89. The van der Waals surface area contributed by atoms with Crippen molar-refractivity contribution in [2.24, 2.45) is 0 Å². The Hall–Kier alpha value is -2.62. The third-order valence-corrected chi connectivity index (χ3v) is 3.49. The summed E-state index contributed by atoms with van der Waals surface area (Å²) >= 11 is 0. The molecule has 2 rings (SSSR count). The minimum absolute atomic E-state index is 0.177. The Balaban J connectivity index is 2.03. The minimum atomic E-state index is -0.366. The molecule has 0 aliphatic carbocycles. The summed E-state index contributed by atoms with van der Waals surface area (Å²) in [6.45, 7) is 6.32. The predicted octanol–water partition coefficient (Wildman–Crippen LogP) is 4.24. The second kappa shape index (κ2) is 7.58. The van der Waals surface area contributed by atoms with Gasteiger partial charge in [0, 0.05) is 11.3 Å². The molecule has 2 aromatic rings. The van der Waals surface area contributed by atoms with Gasteiger partial charge in [0.05, 0.1) is 12.2 Å². The van der Waals surface area contributed by atoms with Crippen LogP contribution in [0.5, 0.6) is 0 Å². The summed E-state index contributed by atoms with van der Waals surface area (Å²) in [6.07, 6.45) is 0. The molecule has 0 saturated heterocycles. The lowest BCUT2D eigenvalue weighted by Gasteiger charge is -2.08. The Bertz CT molecular complexity index is 673. The van der Waals surface area contributed by atoms with E-state index in [9.17, 15) is 9.59 Å². The lowest BCUT2D eigenvalue weighted by atomic mass is 10.0. The van der Waals surface area contributed by atoms with Gasteiger partial charge < -0.3 is 10.1 Å². The second-order valence-electron chi connectivity index (χ2n) is 5.53. The fourth-order valence-electron chi connectivity index (χ4n) is 2.13. The van der Waals surface area contributed by atoms with Gasteiger partial charge in [-0.1, -0.05) is 26.0 Å². The van der Waals surface area contributed by atoms with Crippen molar-refractivity contribution in [3.8, 4) is 0 Å². The van der Waals surface area contributed by atoms with Gasteiger partial charge in [0.15, 0.2) is 0 Å². The molecule has 120 valence electrons. The molecule has 0 heterocycles. The summed E-state index contributed by atoms with van der Waals surface area (Å²) in [5, 5.41) is 2.81. The molecule has 4 heteroatoms. The normalized spacial score (nSPS) is 10.4. The first-order chi connectivity index (χ1) is 11.0. The Morgan fingerprint density at radius 3 is 2.04 bits per heavy atom. The van der Waals surface area contributed by atoms with Gasteiger partial charge in [-0.2, -0.15) is 0 Å². The highest BCUT2D eigenvalue weighted by Crippen LogP contribution is 2.16. The van der Waals surface area contributed by atoms with Crippen molar-refractivity contribution in [2.75, 3.05) is 11.9 Å². The zero-order valence-electron chi connectivity index (χ0n) is 13.6. The van der Waals surface area contributed by atoms with Gasteiger partial charge in [-0.3, -0.25) is 4.79 Å². The summed E-state index contributed by atoms with van der Waals surface area (Å²) in [4.78, 5) is 23.8. The van der Waals surface area contributed by atoms with Crippen molar-refractivity contribution in [2.45, 2.75) is 26.7 Å². The molecule has 0 bridgehead atoms. The van der Waals surface area contributed by atoms with Gasteiger partial charge >= 0.3 is 5.97 Å². The molecule has 1 N–H and O–H groups in total. The Kier molecular flexibility index (Phi) is 5.52. The van der Waals surface area contributed by atoms with E-state index in [0.717, 1.165) is 0 Å². The van der Waals surface area contributed by atoms with Crippen LogP contribution in [0.2, 0.25) is 0 Å². The van der Waals surface area contributed by atoms with Crippen LogP contribution in [0.25, 0.3) is 0 Å². The fourth-order valence-corrected chi connectivity index (χ4v) is 2.13. The van der Waals surface area contributed by atoms with Crippen molar-refractivity contribution in [1.82, 2.24) is 0 Å². The molecule has 0 saturated carbocycles. The van der Waals surface area contributed by atoms with E-state index in [1.807, 2.05) is 24.3 Å².